The highest BCUT2D eigenvalue weighted by molar-refractivity contribution is 7.91. The zero-order chi connectivity index (χ0) is 23.2. The van der Waals surface area contributed by atoms with Crippen molar-refractivity contribution in [2.75, 3.05) is 30.0 Å². The Labute approximate surface area is 193 Å². The minimum absolute atomic E-state index is 0.0753. The minimum atomic E-state index is -3.31. The number of aromatic nitrogens is 2. The van der Waals surface area contributed by atoms with E-state index >= 15 is 0 Å². The molecule has 2 N–H and O–H groups in total. The molecule has 2 atom stereocenters. The van der Waals surface area contributed by atoms with Gasteiger partial charge >= 0.3 is 6.03 Å². The van der Waals surface area contributed by atoms with Crippen LogP contribution in [0.1, 0.15) is 49.6 Å². The third kappa shape index (κ3) is 4.41. The summed E-state index contributed by atoms with van der Waals surface area (Å²) in [7, 11) is -3.31. The number of benzene rings is 1. The van der Waals surface area contributed by atoms with Crippen molar-refractivity contribution in [2.24, 2.45) is 0 Å². The molecule has 0 spiro atoms. The summed E-state index contributed by atoms with van der Waals surface area (Å²) in [6.07, 6.45) is 2.93. The zero-order valence-electron chi connectivity index (χ0n) is 18.9. The van der Waals surface area contributed by atoms with E-state index < -0.39 is 15.1 Å². The highest BCUT2D eigenvalue weighted by Crippen LogP contribution is 2.42. The molecule has 1 saturated heterocycles. The van der Waals surface area contributed by atoms with Crippen molar-refractivity contribution in [3.05, 3.63) is 35.5 Å². The molecule has 3 heterocycles. The quantitative estimate of drug-likeness (QED) is 0.689. The lowest BCUT2D eigenvalue weighted by atomic mass is 10.1. The van der Waals surface area contributed by atoms with E-state index in [-0.39, 0.29) is 23.9 Å². The van der Waals surface area contributed by atoms with Gasteiger partial charge in [-0.25, -0.2) is 23.2 Å². The molecule has 1 aromatic heterocycles. The van der Waals surface area contributed by atoms with Crippen molar-refractivity contribution in [3.8, 4) is 11.4 Å². The van der Waals surface area contributed by atoms with Crippen LogP contribution in [0.2, 0.25) is 0 Å². The number of hydrogen-bond acceptors (Lipinski definition) is 7. The summed E-state index contributed by atoms with van der Waals surface area (Å²) in [6.45, 7) is 5.65. The lowest BCUT2D eigenvalue weighted by molar-refractivity contribution is 0.0924. The number of fused-ring (bicyclic) bond motifs is 1. The highest BCUT2D eigenvalue weighted by Gasteiger charge is 2.40. The van der Waals surface area contributed by atoms with Crippen LogP contribution in [0.3, 0.4) is 0 Å². The van der Waals surface area contributed by atoms with Gasteiger partial charge in [-0.05, 0) is 50.5 Å². The van der Waals surface area contributed by atoms with Gasteiger partial charge in [0.1, 0.15) is 5.82 Å². The topological polar surface area (TPSA) is 114 Å². The first-order chi connectivity index (χ1) is 15.9. The number of morpholine rings is 1. The first-order valence-corrected chi connectivity index (χ1v) is 13.2. The molecule has 2 aliphatic heterocycles. The largest absolute Gasteiger partial charge is 0.377 e. The number of carbonyl (C=O) groups is 1. The van der Waals surface area contributed by atoms with E-state index in [4.69, 9.17) is 9.72 Å². The van der Waals surface area contributed by atoms with E-state index in [1.165, 1.54) is 0 Å². The summed E-state index contributed by atoms with van der Waals surface area (Å²) in [5.74, 6) is 1.11. The molecule has 1 saturated carbocycles. The number of nitrogens with zero attached hydrogens (tertiary/aromatic N) is 3. The maximum atomic E-state index is 12.7. The van der Waals surface area contributed by atoms with Crippen LogP contribution in [0.5, 0.6) is 0 Å². The molecule has 3 aliphatic rings. The van der Waals surface area contributed by atoms with Crippen molar-refractivity contribution >= 4 is 27.4 Å². The van der Waals surface area contributed by atoms with E-state index in [1.807, 2.05) is 12.1 Å². The smallest absolute Gasteiger partial charge is 0.319 e. The van der Waals surface area contributed by atoms with Gasteiger partial charge in [-0.3, -0.25) is 0 Å². The Morgan fingerprint density at radius 1 is 1.21 bits per heavy atom. The molecule has 0 radical (unpaired) electrons. The molecule has 1 aliphatic carbocycles. The van der Waals surface area contributed by atoms with Gasteiger partial charge in [0.2, 0.25) is 0 Å². The first kappa shape index (κ1) is 22.1. The Balaban J connectivity index is 1.49. The second-order valence-electron chi connectivity index (χ2n) is 8.96. The van der Waals surface area contributed by atoms with Crippen LogP contribution < -0.4 is 15.5 Å². The van der Waals surface area contributed by atoms with Crippen LogP contribution >= 0.6 is 0 Å². The summed E-state index contributed by atoms with van der Waals surface area (Å²) in [5.41, 5.74) is 2.74. The average Bonchev–Trinajstić information content (AvgIpc) is 3.58. The molecule has 5 rings (SSSR count). The van der Waals surface area contributed by atoms with Gasteiger partial charge in [-0.1, -0.05) is 6.92 Å². The van der Waals surface area contributed by atoms with Gasteiger partial charge in [0.05, 0.1) is 36.0 Å². The molecule has 9 nitrogen and oxygen atoms in total. The number of nitrogens with one attached hydrogen (secondary N) is 2. The summed E-state index contributed by atoms with van der Waals surface area (Å²) < 4.78 is 31.1. The second-order valence-corrected chi connectivity index (χ2v) is 11.3. The van der Waals surface area contributed by atoms with Crippen LogP contribution in [0, 0.1) is 0 Å². The Morgan fingerprint density at radius 3 is 2.67 bits per heavy atom. The third-order valence-corrected chi connectivity index (χ3v) is 8.56. The molecular formula is C23H29N5O4S. The fourth-order valence-electron chi connectivity index (χ4n) is 4.43. The number of urea groups is 1. The lowest BCUT2D eigenvalue weighted by Gasteiger charge is -2.37. The lowest BCUT2D eigenvalue weighted by Crippen LogP contribution is -2.46. The Morgan fingerprint density at radius 2 is 1.97 bits per heavy atom. The molecule has 2 amide bonds. The van der Waals surface area contributed by atoms with E-state index in [0.717, 1.165) is 24.8 Å². The van der Waals surface area contributed by atoms with Crippen LogP contribution in [0.4, 0.5) is 16.3 Å². The van der Waals surface area contributed by atoms with Gasteiger partial charge < -0.3 is 20.3 Å². The predicted octanol–water partition coefficient (Wildman–Crippen LogP) is 3.03. The Hall–Kier alpha value is -2.72. The zero-order valence-corrected chi connectivity index (χ0v) is 19.7. The number of amides is 2. The van der Waals surface area contributed by atoms with Crippen LogP contribution in [-0.2, 0) is 20.3 Å². The second kappa shape index (κ2) is 8.57. The fraction of sp³-hybridized carbons (Fsp3) is 0.522. The van der Waals surface area contributed by atoms with Crippen LogP contribution in [-0.4, -0.2) is 56.3 Å². The normalized spacial score (nSPS) is 23.8. The van der Waals surface area contributed by atoms with Gasteiger partial charge in [-0.15, -0.1) is 0 Å². The molecule has 2 fully saturated rings. The number of sulfone groups is 1. The van der Waals surface area contributed by atoms with Crippen molar-refractivity contribution in [1.29, 1.82) is 0 Å². The molecule has 2 aromatic rings. The van der Waals surface area contributed by atoms with Gasteiger partial charge in [0, 0.05) is 29.4 Å². The molecular weight excluding hydrogens is 442 g/mol. The van der Waals surface area contributed by atoms with Gasteiger partial charge in [-0.2, -0.15) is 0 Å². The van der Waals surface area contributed by atoms with Crippen molar-refractivity contribution in [1.82, 2.24) is 15.3 Å². The summed E-state index contributed by atoms with van der Waals surface area (Å²) in [4.78, 5) is 23.7. The van der Waals surface area contributed by atoms with E-state index in [9.17, 15) is 13.2 Å². The summed E-state index contributed by atoms with van der Waals surface area (Å²) in [6, 6.07) is 7.52. The van der Waals surface area contributed by atoms with Crippen molar-refractivity contribution in [3.63, 3.8) is 0 Å². The molecule has 0 bridgehead atoms. The Kier molecular flexibility index (Phi) is 5.74. The summed E-state index contributed by atoms with van der Waals surface area (Å²) >= 11 is 0. The average molecular weight is 472 g/mol. The van der Waals surface area contributed by atoms with Crippen LogP contribution in [0.15, 0.2) is 24.3 Å². The number of anilines is 2. The maximum Gasteiger partial charge on any atom is 0.319 e. The highest BCUT2D eigenvalue weighted by atomic mass is 32.2. The molecule has 1 aromatic carbocycles. The Bertz CT molecular complexity index is 1160. The SMILES string of the molecule is CC[C@H]1COCCN1c1nc(-c2ccc(NC(=O)NC3CC3)cc2)nc2c1C(C)S(=O)(=O)C2. The van der Waals surface area contributed by atoms with Crippen molar-refractivity contribution in [2.45, 2.75) is 56.2 Å². The van der Waals surface area contributed by atoms with E-state index in [1.54, 1.807) is 19.1 Å². The monoisotopic (exact) mass is 471 g/mol. The van der Waals surface area contributed by atoms with E-state index in [0.29, 0.717) is 48.3 Å². The minimum Gasteiger partial charge on any atom is -0.377 e. The standard InChI is InChI=1S/C23H29N5O4S/c1-3-18-12-32-11-10-28(18)22-20-14(2)33(30,31)13-19(20)26-21(27-22)15-4-6-16(7-5-15)24-23(29)25-17-8-9-17/h4-7,14,17-18H,3,8-13H2,1-2H3,(H2,24,25,29)/t14?,18-/m0/s1. The summed E-state index contributed by atoms with van der Waals surface area (Å²) in [5, 5.41) is 5.10. The number of ether oxygens (including phenoxy) is 1. The third-order valence-electron chi connectivity index (χ3n) is 6.57. The van der Waals surface area contributed by atoms with Gasteiger partial charge in [0.15, 0.2) is 15.7 Å². The van der Waals surface area contributed by atoms with Crippen molar-refractivity contribution < 1.29 is 17.9 Å². The predicted molar refractivity (Wildman–Crippen MR) is 126 cm³/mol. The maximum absolute atomic E-state index is 12.7. The fourth-order valence-corrected chi connectivity index (χ4v) is 5.88. The first-order valence-electron chi connectivity index (χ1n) is 11.5. The van der Waals surface area contributed by atoms with Gasteiger partial charge in [0.25, 0.3) is 0 Å². The molecule has 10 heteroatoms. The van der Waals surface area contributed by atoms with E-state index in [2.05, 4.69) is 27.4 Å². The number of rotatable bonds is 5. The molecule has 1 unspecified atom stereocenters. The molecule has 176 valence electrons. The molecule has 33 heavy (non-hydrogen) atoms. The van der Waals surface area contributed by atoms with Crippen LogP contribution in [0.25, 0.3) is 11.4 Å². The number of carbonyl (C=O) groups excluding carboxylic acids is 1. The number of hydrogen-bond donors (Lipinski definition) is 2.